The molecule has 1 aromatic rings. The maximum absolute atomic E-state index is 4.14. The second kappa shape index (κ2) is 5.11. The van der Waals surface area contributed by atoms with Crippen molar-refractivity contribution in [2.24, 2.45) is 5.92 Å². The maximum Gasteiger partial charge on any atom is 0.0299 e. The van der Waals surface area contributed by atoms with Crippen molar-refractivity contribution in [2.45, 2.75) is 25.7 Å². The Morgan fingerprint density at radius 1 is 1.36 bits per heavy atom. The van der Waals surface area contributed by atoms with Crippen molar-refractivity contribution in [3.05, 3.63) is 30.1 Å². The molecule has 0 radical (unpaired) electrons. The molecule has 2 heterocycles. The fraction of sp³-hybridized carbons (Fsp3) is 0.583. The molecule has 0 saturated carbocycles. The topological polar surface area (TPSA) is 24.9 Å². The Labute approximate surface area is 85.7 Å². The van der Waals surface area contributed by atoms with Crippen LogP contribution in [0.15, 0.2) is 24.5 Å². The molecule has 1 aliphatic heterocycles. The highest BCUT2D eigenvalue weighted by atomic mass is 14.9. The monoisotopic (exact) mass is 190 g/mol. The van der Waals surface area contributed by atoms with E-state index in [9.17, 15) is 0 Å². The molecule has 2 rings (SSSR count). The first-order chi connectivity index (χ1) is 6.95. The van der Waals surface area contributed by atoms with Gasteiger partial charge >= 0.3 is 0 Å². The van der Waals surface area contributed by atoms with Gasteiger partial charge in [0, 0.05) is 12.4 Å². The summed E-state index contributed by atoms with van der Waals surface area (Å²) in [4.78, 5) is 4.14. The lowest BCUT2D eigenvalue weighted by Gasteiger charge is -2.22. The number of nitrogens with zero attached hydrogens (tertiary/aromatic N) is 1. The minimum Gasteiger partial charge on any atom is -0.317 e. The first-order valence-corrected chi connectivity index (χ1v) is 5.55. The van der Waals surface area contributed by atoms with Crippen molar-refractivity contribution in [1.29, 1.82) is 0 Å². The number of piperidine rings is 1. The molecule has 0 spiro atoms. The Balaban J connectivity index is 1.76. The normalized spacial score (nSPS) is 18.3. The molecule has 1 fully saturated rings. The molecule has 0 unspecified atom stereocenters. The quantitative estimate of drug-likeness (QED) is 0.788. The third-order valence-electron chi connectivity index (χ3n) is 3.02. The van der Waals surface area contributed by atoms with Gasteiger partial charge in [-0.15, -0.1) is 0 Å². The molecular weight excluding hydrogens is 172 g/mol. The maximum atomic E-state index is 4.14. The van der Waals surface area contributed by atoms with Gasteiger partial charge in [0.05, 0.1) is 0 Å². The number of nitrogens with one attached hydrogen (secondary N) is 1. The first kappa shape index (κ1) is 9.66. The Bertz CT molecular complexity index is 252. The number of aromatic nitrogens is 1. The highest BCUT2D eigenvalue weighted by Gasteiger charge is 2.12. The second-order valence-electron chi connectivity index (χ2n) is 4.09. The molecule has 1 aromatic heterocycles. The molecular formula is C12H18N2. The Kier molecular flexibility index (Phi) is 3.52. The highest BCUT2D eigenvalue weighted by Crippen LogP contribution is 2.18. The van der Waals surface area contributed by atoms with Crippen LogP contribution in [-0.4, -0.2) is 18.1 Å². The van der Waals surface area contributed by atoms with Gasteiger partial charge in [0.25, 0.3) is 0 Å². The molecule has 1 N–H and O–H groups in total. The van der Waals surface area contributed by atoms with Gasteiger partial charge < -0.3 is 5.32 Å². The highest BCUT2D eigenvalue weighted by molar-refractivity contribution is 5.08. The van der Waals surface area contributed by atoms with Gasteiger partial charge in [-0.2, -0.15) is 0 Å². The van der Waals surface area contributed by atoms with E-state index in [2.05, 4.69) is 16.4 Å². The lowest BCUT2D eigenvalue weighted by molar-refractivity contribution is 0.354. The number of rotatable bonds is 3. The third-order valence-corrected chi connectivity index (χ3v) is 3.02. The molecule has 1 saturated heterocycles. The fourth-order valence-electron chi connectivity index (χ4n) is 2.09. The SMILES string of the molecule is c1cncc(CCC2CCNCC2)c1. The van der Waals surface area contributed by atoms with E-state index < -0.39 is 0 Å². The van der Waals surface area contributed by atoms with Gasteiger partial charge in [-0.05, 0) is 56.3 Å². The van der Waals surface area contributed by atoms with Gasteiger partial charge in [-0.1, -0.05) is 6.07 Å². The van der Waals surface area contributed by atoms with E-state index in [-0.39, 0.29) is 0 Å². The van der Waals surface area contributed by atoms with Crippen LogP contribution in [0.5, 0.6) is 0 Å². The Morgan fingerprint density at radius 3 is 2.93 bits per heavy atom. The summed E-state index contributed by atoms with van der Waals surface area (Å²) in [5, 5.41) is 3.40. The Morgan fingerprint density at radius 2 is 2.21 bits per heavy atom. The van der Waals surface area contributed by atoms with Crippen molar-refractivity contribution in [2.75, 3.05) is 13.1 Å². The van der Waals surface area contributed by atoms with Gasteiger partial charge in [0.15, 0.2) is 0 Å². The summed E-state index contributed by atoms with van der Waals surface area (Å²) < 4.78 is 0. The van der Waals surface area contributed by atoms with E-state index >= 15 is 0 Å². The smallest absolute Gasteiger partial charge is 0.0299 e. The first-order valence-electron chi connectivity index (χ1n) is 5.55. The molecule has 0 bridgehead atoms. The third kappa shape index (κ3) is 2.81. The predicted molar refractivity (Wildman–Crippen MR) is 58.2 cm³/mol. The summed E-state index contributed by atoms with van der Waals surface area (Å²) >= 11 is 0. The van der Waals surface area contributed by atoms with Crippen LogP contribution < -0.4 is 5.32 Å². The van der Waals surface area contributed by atoms with Gasteiger partial charge in [-0.3, -0.25) is 4.98 Å². The summed E-state index contributed by atoms with van der Waals surface area (Å²) in [7, 11) is 0. The van der Waals surface area contributed by atoms with Gasteiger partial charge in [0.1, 0.15) is 0 Å². The van der Waals surface area contributed by atoms with Crippen molar-refractivity contribution >= 4 is 0 Å². The summed E-state index contributed by atoms with van der Waals surface area (Å²) in [6, 6.07) is 4.20. The largest absolute Gasteiger partial charge is 0.317 e. The second-order valence-corrected chi connectivity index (χ2v) is 4.09. The lowest BCUT2D eigenvalue weighted by Crippen LogP contribution is -2.27. The van der Waals surface area contributed by atoms with Crippen LogP contribution in [0.1, 0.15) is 24.8 Å². The minimum absolute atomic E-state index is 0.927. The zero-order chi connectivity index (χ0) is 9.64. The molecule has 0 atom stereocenters. The van der Waals surface area contributed by atoms with E-state index in [0.717, 1.165) is 5.92 Å². The molecule has 76 valence electrons. The fourth-order valence-corrected chi connectivity index (χ4v) is 2.09. The van der Waals surface area contributed by atoms with E-state index in [1.54, 1.807) is 0 Å². The van der Waals surface area contributed by atoms with E-state index in [1.807, 2.05) is 18.5 Å². The zero-order valence-electron chi connectivity index (χ0n) is 8.58. The molecule has 0 aliphatic carbocycles. The van der Waals surface area contributed by atoms with Crippen LogP contribution >= 0.6 is 0 Å². The number of hydrogen-bond acceptors (Lipinski definition) is 2. The van der Waals surface area contributed by atoms with Crippen LogP contribution in [-0.2, 0) is 6.42 Å². The van der Waals surface area contributed by atoms with Gasteiger partial charge in [-0.25, -0.2) is 0 Å². The van der Waals surface area contributed by atoms with Crippen LogP contribution in [0.25, 0.3) is 0 Å². The predicted octanol–water partition coefficient (Wildman–Crippen LogP) is 2.01. The number of aryl methyl sites for hydroxylation is 1. The van der Waals surface area contributed by atoms with Crippen LogP contribution in [0.3, 0.4) is 0 Å². The summed E-state index contributed by atoms with van der Waals surface area (Å²) in [6.07, 6.45) is 9.04. The van der Waals surface area contributed by atoms with Crippen LogP contribution in [0.2, 0.25) is 0 Å². The molecule has 0 aromatic carbocycles. The standard InChI is InChI=1S/C12H18N2/c1-2-12(10-14-7-1)4-3-11-5-8-13-9-6-11/h1-2,7,10-11,13H,3-6,8-9H2. The van der Waals surface area contributed by atoms with E-state index in [0.29, 0.717) is 0 Å². The van der Waals surface area contributed by atoms with Crippen molar-refractivity contribution in [1.82, 2.24) is 10.3 Å². The molecule has 2 heteroatoms. The molecule has 1 aliphatic rings. The van der Waals surface area contributed by atoms with E-state index in [1.165, 1.54) is 44.3 Å². The lowest BCUT2D eigenvalue weighted by atomic mass is 9.92. The van der Waals surface area contributed by atoms with Crippen LogP contribution in [0, 0.1) is 5.92 Å². The Hall–Kier alpha value is -0.890. The minimum atomic E-state index is 0.927. The van der Waals surface area contributed by atoms with Gasteiger partial charge in [0.2, 0.25) is 0 Å². The summed E-state index contributed by atoms with van der Waals surface area (Å²) in [6.45, 7) is 2.41. The van der Waals surface area contributed by atoms with Crippen molar-refractivity contribution in [3.63, 3.8) is 0 Å². The van der Waals surface area contributed by atoms with Crippen molar-refractivity contribution < 1.29 is 0 Å². The number of pyridine rings is 1. The van der Waals surface area contributed by atoms with Crippen molar-refractivity contribution in [3.8, 4) is 0 Å². The zero-order valence-corrected chi connectivity index (χ0v) is 8.58. The molecule has 14 heavy (non-hydrogen) atoms. The molecule has 0 amide bonds. The van der Waals surface area contributed by atoms with Crippen LogP contribution in [0.4, 0.5) is 0 Å². The summed E-state index contributed by atoms with van der Waals surface area (Å²) in [5.41, 5.74) is 1.38. The molecule has 2 nitrogen and oxygen atoms in total. The van der Waals surface area contributed by atoms with E-state index in [4.69, 9.17) is 0 Å². The average molecular weight is 190 g/mol. The number of hydrogen-bond donors (Lipinski definition) is 1. The average Bonchev–Trinajstić information content (AvgIpc) is 2.29. The summed E-state index contributed by atoms with van der Waals surface area (Å²) in [5.74, 6) is 0.927.